The van der Waals surface area contributed by atoms with E-state index >= 15 is 0 Å². The SMILES string of the molecule is N#CCc1cc(C(F)(F)F)c(N)cc1Br. The molecular formula is C9H6BrF3N2. The van der Waals surface area contributed by atoms with Crippen LogP contribution < -0.4 is 5.73 Å². The zero-order chi connectivity index (χ0) is 11.6. The van der Waals surface area contributed by atoms with Gasteiger partial charge in [-0.1, -0.05) is 15.9 Å². The first-order valence-corrected chi connectivity index (χ1v) is 4.67. The van der Waals surface area contributed by atoms with E-state index < -0.39 is 11.7 Å². The molecule has 0 fully saturated rings. The second-order valence-corrected chi connectivity index (χ2v) is 3.72. The molecule has 1 aromatic rings. The van der Waals surface area contributed by atoms with Crippen molar-refractivity contribution in [1.82, 2.24) is 0 Å². The van der Waals surface area contributed by atoms with Gasteiger partial charge in [0.05, 0.1) is 18.1 Å². The first kappa shape index (κ1) is 11.9. The molecule has 0 amide bonds. The minimum Gasteiger partial charge on any atom is -0.398 e. The van der Waals surface area contributed by atoms with Crippen molar-refractivity contribution >= 4 is 21.6 Å². The van der Waals surface area contributed by atoms with Crippen molar-refractivity contribution in [3.05, 3.63) is 27.7 Å². The van der Waals surface area contributed by atoms with Crippen molar-refractivity contribution < 1.29 is 13.2 Å². The lowest BCUT2D eigenvalue weighted by molar-refractivity contribution is -0.136. The highest BCUT2D eigenvalue weighted by Crippen LogP contribution is 2.36. The highest BCUT2D eigenvalue weighted by molar-refractivity contribution is 9.10. The maximum atomic E-state index is 12.4. The number of nitriles is 1. The van der Waals surface area contributed by atoms with E-state index in [9.17, 15) is 13.2 Å². The van der Waals surface area contributed by atoms with Gasteiger partial charge in [0.1, 0.15) is 0 Å². The van der Waals surface area contributed by atoms with Crippen molar-refractivity contribution in [2.75, 3.05) is 5.73 Å². The number of hydrogen-bond donors (Lipinski definition) is 1. The van der Waals surface area contributed by atoms with Gasteiger partial charge in [-0.15, -0.1) is 0 Å². The van der Waals surface area contributed by atoms with E-state index in [4.69, 9.17) is 11.0 Å². The van der Waals surface area contributed by atoms with E-state index in [2.05, 4.69) is 15.9 Å². The average Bonchev–Trinajstić information content (AvgIpc) is 2.07. The Hall–Kier alpha value is -1.22. The molecule has 0 aliphatic carbocycles. The Balaban J connectivity index is 3.31. The molecule has 0 aromatic heterocycles. The summed E-state index contributed by atoms with van der Waals surface area (Å²) < 4.78 is 37.7. The molecule has 0 spiro atoms. The molecule has 0 saturated carbocycles. The van der Waals surface area contributed by atoms with Crippen LogP contribution >= 0.6 is 15.9 Å². The fourth-order valence-electron chi connectivity index (χ4n) is 1.10. The molecule has 6 heteroatoms. The molecule has 1 aromatic carbocycles. The van der Waals surface area contributed by atoms with E-state index in [0.29, 0.717) is 4.47 Å². The highest BCUT2D eigenvalue weighted by Gasteiger charge is 2.33. The lowest BCUT2D eigenvalue weighted by atomic mass is 10.1. The van der Waals surface area contributed by atoms with Crippen molar-refractivity contribution in [3.8, 4) is 6.07 Å². The number of hydrogen-bond acceptors (Lipinski definition) is 2. The summed E-state index contributed by atoms with van der Waals surface area (Å²) in [4.78, 5) is 0. The third-order valence-electron chi connectivity index (χ3n) is 1.79. The molecule has 0 aliphatic heterocycles. The third kappa shape index (κ3) is 2.63. The van der Waals surface area contributed by atoms with Crippen LogP contribution in [-0.4, -0.2) is 0 Å². The highest BCUT2D eigenvalue weighted by atomic mass is 79.9. The summed E-state index contributed by atoms with van der Waals surface area (Å²) in [5, 5.41) is 8.42. The van der Waals surface area contributed by atoms with Crippen LogP contribution in [0.4, 0.5) is 18.9 Å². The molecule has 0 radical (unpaired) electrons. The minimum atomic E-state index is -4.49. The minimum absolute atomic E-state index is 0.0933. The topological polar surface area (TPSA) is 49.8 Å². The van der Waals surface area contributed by atoms with E-state index in [-0.39, 0.29) is 17.7 Å². The number of anilines is 1. The lowest BCUT2D eigenvalue weighted by Crippen LogP contribution is -2.09. The normalized spacial score (nSPS) is 11.1. The molecule has 0 heterocycles. The summed E-state index contributed by atoms with van der Waals surface area (Å²) in [6.07, 6.45) is -4.58. The van der Waals surface area contributed by atoms with Crippen molar-refractivity contribution in [2.45, 2.75) is 12.6 Å². The van der Waals surface area contributed by atoms with Crippen molar-refractivity contribution in [3.63, 3.8) is 0 Å². The maximum Gasteiger partial charge on any atom is 0.418 e. The van der Waals surface area contributed by atoms with Gasteiger partial charge < -0.3 is 5.73 Å². The van der Waals surface area contributed by atoms with Gasteiger partial charge in [0, 0.05) is 10.2 Å². The van der Waals surface area contributed by atoms with Gasteiger partial charge in [0.15, 0.2) is 0 Å². The van der Waals surface area contributed by atoms with Crippen LogP contribution in [0.3, 0.4) is 0 Å². The first-order chi connectivity index (χ1) is 6.86. The Bertz CT molecular complexity index is 421. The van der Waals surface area contributed by atoms with Gasteiger partial charge in [0.25, 0.3) is 0 Å². The molecule has 15 heavy (non-hydrogen) atoms. The zero-order valence-electron chi connectivity index (χ0n) is 7.40. The Kier molecular flexibility index (Phi) is 3.25. The van der Waals surface area contributed by atoms with Crippen LogP contribution in [0.2, 0.25) is 0 Å². The molecule has 0 atom stereocenters. The molecule has 2 nitrogen and oxygen atoms in total. The number of rotatable bonds is 1. The van der Waals surface area contributed by atoms with Gasteiger partial charge in [-0.05, 0) is 17.7 Å². The first-order valence-electron chi connectivity index (χ1n) is 3.88. The van der Waals surface area contributed by atoms with Crippen LogP contribution in [0.5, 0.6) is 0 Å². The van der Waals surface area contributed by atoms with E-state index in [1.54, 1.807) is 6.07 Å². The fourth-order valence-corrected chi connectivity index (χ4v) is 1.60. The third-order valence-corrected chi connectivity index (χ3v) is 2.53. The number of nitrogens with zero attached hydrogens (tertiary/aromatic N) is 1. The van der Waals surface area contributed by atoms with E-state index in [1.807, 2.05) is 0 Å². The predicted octanol–water partition coefficient (Wildman–Crippen LogP) is 3.12. The van der Waals surface area contributed by atoms with Crippen LogP contribution in [0.25, 0.3) is 0 Å². The molecule has 0 unspecified atom stereocenters. The number of nitrogens with two attached hydrogens (primary N) is 1. The van der Waals surface area contributed by atoms with Crippen LogP contribution in [0.1, 0.15) is 11.1 Å². The number of alkyl halides is 3. The summed E-state index contributed by atoms with van der Waals surface area (Å²) in [6.45, 7) is 0. The quantitative estimate of drug-likeness (QED) is 0.803. The zero-order valence-corrected chi connectivity index (χ0v) is 8.98. The second-order valence-electron chi connectivity index (χ2n) is 2.86. The molecule has 0 aliphatic rings. The molecule has 0 bridgehead atoms. The average molecular weight is 279 g/mol. The molecule has 80 valence electrons. The van der Waals surface area contributed by atoms with Gasteiger partial charge in [-0.2, -0.15) is 18.4 Å². The standard InChI is InChI=1S/C9H6BrF3N2/c10-7-4-8(15)6(9(11,12)13)3-5(7)1-2-14/h3-4H,1,15H2. The Morgan fingerprint density at radius 1 is 1.40 bits per heavy atom. The monoisotopic (exact) mass is 278 g/mol. The molecule has 0 saturated heterocycles. The Morgan fingerprint density at radius 3 is 2.47 bits per heavy atom. The molecule has 2 N–H and O–H groups in total. The number of nitrogen functional groups attached to an aromatic ring is 1. The Labute approximate surface area is 92.6 Å². The fraction of sp³-hybridized carbons (Fsp3) is 0.222. The number of benzene rings is 1. The van der Waals surface area contributed by atoms with Gasteiger partial charge >= 0.3 is 6.18 Å². The van der Waals surface area contributed by atoms with E-state index in [0.717, 1.165) is 12.1 Å². The van der Waals surface area contributed by atoms with Gasteiger partial charge in [-0.25, -0.2) is 0 Å². The second kappa shape index (κ2) is 4.11. The van der Waals surface area contributed by atoms with Gasteiger partial charge in [0.2, 0.25) is 0 Å². The number of halogens is 4. The van der Waals surface area contributed by atoms with E-state index in [1.165, 1.54) is 0 Å². The summed E-state index contributed by atoms with van der Waals surface area (Å²) in [5.74, 6) is 0. The molecular weight excluding hydrogens is 273 g/mol. The van der Waals surface area contributed by atoms with Gasteiger partial charge in [-0.3, -0.25) is 0 Å². The lowest BCUT2D eigenvalue weighted by Gasteiger charge is -2.12. The summed E-state index contributed by atoms with van der Waals surface area (Å²) >= 11 is 3.05. The summed E-state index contributed by atoms with van der Waals surface area (Å²) in [6, 6.07) is 3.84. The van der Waals surface area contributed by atoms with Crippen molar-refractivity contribution in [1.29, 1.82) is 5.26 Å². The van der Waals surface area contributed by atoms with Crippen molar-refractivity contribution in [2.24, 2.45) is 0 Å². The van der Waals surface area contributed by atoms with Crippen LogP contribution in [0, 0.1) is 11.3 Å². The smallest absolute Gasteiger partial charge is 0.398 e. The van der Waals surface area contributed by atoms with Crippen LogP contribution in [0.15, 0.2) is 16.6 Å². The largest absolute Gasteiger partial charge is 0.418 e. The molecule has 1 rings (SSSR count). The summed E-state index contributed by atoms with van der Waals surface area (Å²) in [7, 11) is 0. The maximum absolute atomic E-state index is 12.4. The van der Waals surface area contributed by atoms with Crippen LogP contribution in [-0.2, 0) is 12.6 Å². The Morgan fingerprint density at radius 2 is 2.00 bits per heavy atom. The predicted molar refractivity (Wildman–Crippen MR) is 52.9 cm³/mol. The summed E-state index contributed by atoms with van der Waals surface area (Å²) in [5.41, 5.74) is 4.26.